The minimum absolute atomic E-state index is 0.668. The number of rotatable bonds is 6. The number of para-hydroxylation sites is 2. The molecule has 0 saturated heterocycles. The predicted molar refractivity (Wildman–Crippen MR) is 83.8 cm³/mol. The fraction of sp³-hybridized carbons (Fsp3) is 0.588. The molecular weight excluding hydrogens is 266 g/mol. The van der Waals surface area contributed by atoms with Crippen LogP contribution in [0, 0.1) is 5.92 Å². The quantitative estimate of drug-likeness (QED) is 0.834. The first kappa shape index (κ1) is 15.7. The maximum Gasteiger partial charge on any atom is 0.329 e. The van der Waals surface area contributed by atoms with Gasteiger partial charge in [0.15, 0.2) is 0 Å². The van der Waals surface area contributed by atoms with Gasteiger partial charge < -0.3 is 15.2 Å². The molecule has 1 saturated carbocycles. The van der Waals surface area contributed by atoms with Crippen molar-refractivity contribution in [2.45, 2.75) is 51.0 Å². The molecule has 1 aromatic rings. The van der Waals surface area contributed by atoms with Crippen LogP contribution in [-0.2, 0) is 4.79 Å². The number of methoxy groups -OCH3 is 1. The number of anilines is 1. The molecule has 1 aliphatic rings. The second kappa shape index (κ2) is 6.83. The number of carbonyl (C=O) groups is 1. The van der Waals surface area contributed by atoms with Crippen molar-refractivity contribution >= 4 is 11.7 Å². The average molecular weight is 291 g/mol. The van der Waals surface area contributed by atoms with Gasteiger partial charge in [0.05, 0.1) is 12.8 Å². The van der Waals surface area contributed by atoms with E-state index in [0.717, 1.165) is 18.5 Å². The number of aliphatic carboxylic acids is 1. The molecule has 0 radical (unpaired) electrons. The maximum atomic E-state index is 11.8. The third-order valence-electron chi connectivity index (χ3n) is 4.55. The average Bonchev–Trinajstić information content (AvgIpc) is 2.50. The predicted octanol–water partition coefficient (Wildman–Crippen LogP) is 3.92. The van der Waals surface area contributed by atoms with Gasteiger partial charge >= 0.3 is 5.97 Å². The van der Waals surface area contributed by atoms with Crippen LogP contribution in [0.25, 0.3) is 0 Å². The molecule has 0 aromatic heterocycles. The molecule has 2 rings (SSSR count). The monoisotopic (exact) mass is 291 g/mol. The van der Waals surface area contributed by atoms with Crippen molar-refractivity contribution in [3.63, 3.8) is 0 Å². The van der Waals surface area contributed by atoms with Gasteiger partial charge in [-0.3, -0.25) is 0 Å². The number of benzene rings is 1. The molecule has 21 heavy (non-hydrogen) atoms. The fourth-order valence-corrected chi connectivity index (χ4v) is 3.27. The Labute approximate surface area is 126 Å². The summed E-state index contributed by atoms with van der Waals surface area (Å²) in [5.74, 6) is 0.596. The van der Waals surface area contributed by atoms with Crippen molar-refractivity contribution in [1.82, 2.24) is 0 Å². The molecule has 1 fully saturated rings. The van der Waals surface area contributed by atoms with Gasteiger partial charge in [0.25, 0.3) is 0 Å². The lowest BCUT2D eigenvalue weighted by Gasteiger charge is -2.38. The molecule has 4 heteroatoms. The van der Waals surface area contributed by atoms with E-state index < -0.39 is 11.5 Å². The summed E-state index contributed by atoms with van der Waals surface area (Å²) in [5.41, 5.74) is -0.102. The minimum Gasteiger partial charge on any atom is -0.495 e. The molecule has 2 N–H and O–H groups in total. The molecule has 0 spiro atoms. The van der Waals surface area contributed by atoms with E-state index >= 15 is 0 Å². The molecule has 1 aliphatic carbocycles. The van der Waals surface area contributed by atoms with Crippen LogP contribution in [-0.4, -0.2) is 23.7 Å². The van der Waals surface area contributed by atoms with Crippen LogP contribution in [0.2, 0.25) is 0 Å². The van der Waals surface area contributed by atoms with Gasteiger partial charge in [-0.2, -0.15) is 0 Å². The second-order valence-electron chi connectivity index (χ2n) is 5.94. The highest BCUT2D eigenvalue weighted by atomic mass is 16.5. The lowest BCUT2D eigenvalue weighted by molar-refractivity contribution is -0.143. The van der Waals surface area contributed by atoms with Crippen LogP contribution in [0.5, 0.6) is 5.75 Å². The molecule has 0 aliphatic heterocycles. The number of carboxylic acid groups (broad SMARTS) is 1. The number of hydrogen-bond acceptors (Lipinski definition) is 3. The van der Waals surface area contributed by atoms with E-state index in [4.69, 9.17) is 4.74 Å². The normalized spacial score (nSPS) is 25.3. The van der Waals surface area contributed by atoms with Crippen LogP contribution in [0.4, 0.5) is 5.69 Å². The van der Waals surface area contributed by atoms with E-state index in [1.165, 1.54) is 12.8 Å². The third kappa shape index (κ3) is 3.49. The lowest BCUT2D eigenvalue weighted by Crippen LogP contribution is -2.49. The Balaban J connectivity index is 2.15. The van der Waals surface area contributed by atoms with Gasteiger partial charge in [0.1, 0.15) is 11.3 Å². The first-order chi connectivity index (χ1) is 10.1. The maximum absolute atomic E-state index is 11.8. The topological polar surface area (TPSA) is 58.6 Å². The summed E-state index contributed by atoms with van der Waals surface area (Å²) < 4.78 is 5.32. The van der Waals surface area contributed by atoms with E-state index in [1.54, 1.807) is 7.11 Å². The summed E-state index contributed by atoms with van der Waals surface area (Å²) in [7, 11) is 1.60. The molecule has 0 atom stereocenters. The summed E-state index contributed by atoms with van der Waals surface area (Å²) in [6.07, 6.45) is 5.66. The Morgan fingerprint density at radius 3 is 2.62 bits per heavy atom. The zero-order valence-electron chi connectivity index (χ0n) is 12.9. The van der Waals surface area contributed by atoms with E-state index in [0.29, 0.717) is 24.5 Å². The molecular formula is C17H25NO3. The van der Waals surface area contributed by atoms with Gasteiger partial charge in [0.2, 0.25) is 0 Å². The van der Waals surface area contributed by atoms with Gasteiger partial charge in [-0.25, -0.2) is 4.79 Å². The Morgan fingerprint density at radius 1 is 1.38 bits per heavy atom. The Kier molecular flexibility index (Phi) is 5.10. The van der Waals surface area contributed by atoms with E-state index in [1.807, 2.05) is 24.3 Å². The van der Waals surface area contributed by atoms with Crippen molar-refractivity contribution in [2.75, 3.05) is 12.4 Å². The van der Waals surface area contributed by atoms with Gasteiger partial charge in [0, 0.05) is 0 Å². The van der Waals surface area contributed by atoms with E-state index in [9.17, 15) is 9.90 Å². The molecule has 1 aromatic carbocycles. The van der Waals surface area contributed by atoms with E-state index in [-0.39, 0.29) is 0 Å². The van der Waals surface area contributed by atoms with Crippen molar-refractivity contribution in [1.29, 1.82) is 0 Å². The molecule has 0 amide bonds. The van der Waals surface area contributed by atoms with Gasteiger partial charge in [-0.1, -0.05) is 31.9 Å². The first-order valence-corrected chi connectivity index (χ1v) is 7.76. The fourth-order valence-electron chi connectivity index (χ4n) is 3.27. The Bertz CT molecular complexity index is 479. The smallest absolute Gasteiger partial charge is 0.329 e. The summed E-state index contributed by atoms with van der Waals surface area (Å²) in [6, 6.07) is 7.50. The van der Waals surface area contributed by atoms with Gasteiger partial charge in [-0.15, -0.1) is 0 Å². The van der Waals surface area contributed by atoms with Crippen LogP contribution in [0.3, 0.4) is 0 Å². The lowest BCUT2D eigenvalue weighted by atomic mass is 9.75. The number of hydrogen-bond donors (Lipinski definition) is 2. The highest BCUT2D eigenvalue weighted by Crippen LogP contribution is 2.38. The molecule has 0 heterocycles. The van der Waals surface area contributed by atoms with Crippen molar-refractivity contribution in [2.24, 2.45) is 5.92 Å². The molecule has 4 nitrogen and oxygen atoms in total. The highest BCUT2D eigenvalue weighted by molar-refractivity contribution is 5.83. The molecule has 116 valence electrons. The van der Waals surface area contributed by atoms with Crippen LogP contribution >= 0.6 is 0 Å². The van der Waals surface area contributed by atoms with Crippen LogP contribution in [0.1, 0.15) is 45.4 Å². The largest absolute Gasteiger partial charge is 0.495 e. The molecule has 0 unspecified atom stereocenters. The molecule has 0 bridgehead atoms. The van der Waals surface area contributed by atoms with Crippen molar-refractivity contribution in [3.8, 4) is 5.75 Å². The SMILES string of the molecule is CCCC1CCC(Nc2ccccc2OC)(C(=O)O)CC1. The summed E-state index contributed by atoms with van der Waals surface area (Å²) in [6.45, 7) is 2.19. The number of carboxylic acids is 1. The number of ether oxygens (including phenoxy) is 1. The first-order valence-electron chi connectivity index (χ1n) is 7.76. The van der Waals surface area contributed by atoms with E-state index in [2.05, 4.69) is 12.2 Å². The minimum atomic E-state index is -0.862. The second-order valence-corrected chi connectivity index (χ2v) is 5.94. The Hall–Kier alpha value is -1.71. The van der Waals surface area contributed by atoms with Crippen molar-refractivity contribution < 1.29 is 14.6 Å². The summed E-state index contributed by atoms with van der Waals surface area (Å²) in [4.78, 5) is 11.8. The van der Waals surface area contributed by atoms with Crippen molar-refractivity contribution in [3.05, 3.63) is 24.3 Å². The number of nitrogens with one attached hydrogen (secondary N) is 1. The summed E-state index contributed by atoms with van der Waals surface area (Å²) >= 11 is 0. The highest BCUT2D eigenvalue weighted by Gasteiger charge is 2.42. The standard InChI is InChI=1S/C17H25NO3/c1-3-6-13-9-11-17(12-10-13,16(19)20)18-14-7-4-5-8-15(14)21-2/h4-5,7-8,13,18H,3,6,9-12H2,1-2H3,(H,19,20). The third-order valence-corrected chi connectivity index (χ3v) is 4.55. The van der Waals surface area contributed by atoms with Crippen LogP contribution < -0.4 is 10.1 Å². The zero-order valence-corrected chi connectivity index (χ0v) is 12.9. The Morgan fingerprint density at radius 2 is 2.05 bits per heavy atom. The summed E-state index contributed by atoms with van der Waals surface area (Å²) in [5, 5.41) is 13.0. The van der Waals surface area contributed by atoms with Crippen LogP contribution in [0.15, 0.2) is 24.3 Å². The van der Waals surface area contributed by atoms with Gasteiger partial charge in [-0.05, 0) is 43.7 Å². The zero-order chi connectivity index (χ0) is 15.3.